The number of halogens is 1. The second-order valence-corrected chi connectivity index (χ2v) is 0.605. The Morgan fingerprint density at radius 2 is 2.25 bits per heavy atom. The minimum absolute atomic E-state index is 0.319. The third kappa shape index (κ3) is 2.13. The fraction of sp³-hybridized carbons (Fsp3) is 0.500. The van der Waals surface area contributed by atoms with E-state index in [-0.39, 0.29) is 0 Å². The molecule has 0 aliphatic rings. The summed E-state index contributed by atoms with van der Waals surface area (Å²) < 4.78 is 0. The van der Waals surface area contributed by atoms with Crippen LogP contribution in [0.5, 0.6) is 0 Å². The zero-order chi connectivity index (χ0) is 3.41. The molecule has 0 heterocycles. The van der Waals surface area contributed by atoms with Crippen molar-refractivity contribution in [1.29, 1.82) is 0 Å². The van der Waals surface area contributed by atoms with Crippen molar-refractivity contribution in [2.45, 2.75) is 0 Å². The Morgan fingerprint density at radius 1 is 2.00 bits per heavy atom. The van der Waals surface area contributed by atoms with E-state index in [1.807, 2.05) is 0 Å². The van der Waals surface area contributed by atoms with Crippen molar-refractivity contribution in [2.75, 3.05) is 5.88 Å². The molecule has 0 N–H and O–H groups in total. The summed E-state index contributed by atoms with van der Waals surface area (Å²) in [5.41, 5.74) is 0. The minimum atomic E-state index is 0.319. The molecule has 0 radical (unpaired) electrons. The van der Waals surface area contributed by atoms with Crippen molar-refractivity contribution in [2.24, 2.45) is 0 Å². The topological polar surface area (TPSA) is 0 Å². The van der Waals surface area contributed by atoms with Crippen LogP contribution >= 0.6 is 11.6 Å². The van der Waals surface area contributed by atoms with Gasteiger partial charge in [-0.05, 0) is 0 Å². The molecule has 0 unspecified atom stereocenters. The average Bonchev–Trinajstić information content (AvgIpc) is 1.37. The number of alkyl halides is 1. The fourth-order valence-electron chi connectivity index (χ4n) is 0. The van der Waals surface area contributed by atoms with Gasteiger partial charge in [-0.1, -0.05) is 0 Å². The van der Waals surface area contributed by atoms with Crippen LogP contribution in [0, 0.1) is 5.80 Å². The first-order valence-corrected chi connectivity index (χ1v) is 1.44. The summed E-state index contributed by atoms with van der Waals surface area (Å²) in [4.78, 5) is 0. The third-order valence-electron chi connectivity index (χ3n) is 0.0772. The van der Waals surface area contributed by atoms with E-state index in [0.717, 1.165) is 0 Å². The molecule has 0 aromatic heterocycles. The van der Waals surface area contributed by atoms with Crippen molar-refractivity contribution in [3.8, 4) is 5.80 Å². The van der Waals surface area contributed by atoms with Gasteiger partial charge in [0.05, 0.1) is 0 Å². The normalized spacial score (nSPS) is 5.75. The van der Waals surface area contributed by atoms with E-state index in [2.05, 4.69) is 13.1 Å². The Hall–Kier alpha value is 0.135. The first kappa shape index (κ1) is 4.13. The van der Waals surface area contributed by atoms with Gasteiger partial charge in [-0.25, -0.2) is 0 Å². The van der Waals surface area contributed by atoms with E-state index in [0.29, 0.717) is 5.88 Å². The van der Waals surface area contributed by atoms with E-state index < -0.39 is 0 Å². The van der Waals surface area contributed by atoms with Crippen molar-refractivity contribution >= 4 is 18.9 Å². The van der Waals surface area contributed by atoms with Crippen LogP contribution in [0.4, 0.5) is 0 Å². The standard InChI is InChI=1S/C2H2BCl/c3-1-2-4/h2H2. The van der Waals surface area contributed by atoms with Crippen LogP contribution in [0.15, 0.2) is 0 Å². The van der Waals surface area contributed by atoms with E-state index >= 15 is 0 Å². The molecule has 0 nitrogen and oxygen atoms in total. The van der Waals surface area contributed by atoms with Crippen LogP contribution in [0.2, 0.25) is 0 Å². The molecule has 0 atom stereocenters. The summed E-state index contributed by atoms with van der Waals surface area (Å²) in [5, 5.41) is 0. The molecule has 0 aromatic rings. The Labute approximate surface area is 31.5 Å². The van der Waals surface area contributed by atoms with Gasteiger partial charge in [0.1, 0.15) is 0 Å². The van der Waals surface area contributed by atoms with Gasteiger partial charge in [-0.15, -0.1) is 0 Å². The molecule has 4 heavy (non-hydrogen) atoms. The van der Waals surface area contributed by atoms with Gasteiger partial charge in [0.2, 0.25) is 0 Å². The summed E-state index contributed by atoms with van der Waals surface area (Å²) in [6.45, 7) is 0. The molecule has 0 aromatic carbocycles. The maximum atomic E-state index is 4.95. The summed E-state index contributed by atoms with van der Waals surface area (Å²) in [7, 11) is 4.65. The molecule has 0 amide bonds. The molecule has 0 rings (SSSR count). The molecule has 0 fully saturated rings. The SMILES string of the molecule is B#CCCl. The van der Waals surface area contributed by atoms with Gasteiger partial charge >= 0.3 is 30.6 Å². The van der Waals surface area contributed by atoms with Gasteiger partial charge in [0.15, 0.2) is 0 Å². The number of hydrogen-bond donors (Lipinski definition) is 0. The zero-order valence-electron chi connectivity index (χ0n) is 2.16. The van der Waals surface area contributed by atoms with Crippen LogP contribution in [0.25, 0.3) is 0 Å². The van der Waals surface area contributed by atoms with Crippen molar-refractivity contribution < 1.29 is 0 Å². The van der Waals surface area contributed by atoms with E-state index in [9.17, 15) is 0 Å². The molecule has 0 saturated heterocycles. The Kier molecular flexibility index (Phi) is 3.24. The summed E-state index contributed by atoms with van der Waals surface area (Å²) in [6.07, 6.45) is 0. The van der Waals surface area contributed by atoms with Crippen LogP contribution in [0.1, 0.15) is 0 Å². The molecule has 0 bridgehead atoms. The number of rotatable bonds is 0. The first-order valence-electron chi connectivity index (χ1n) is 0.909. The van der Waals surface area contributed by atoms with Crippen LogP contribution in [0.3, 0.4) is 0 Å². The third-order valence-corrected chi connectivity index (χ3v) is 0.231. The van der Waals surface area contributed by atoms with Crippen molar-refractivity contribution in [3.05, 3.63) is 0 Å². The summed E-state index contributed by atoms with van der Waals surface area (Å²) >= 11 is 4.95. The molecule has 20 valence electrons. The molecular weight excluding hydrogens is 70.3 g/mol. The zero-order valence-corrected chi connectivity index (χ0v) is 2.92. The van der Waals surface area contributed by atoms with Gasteiger partial charge in [0.25, 0.3) is 0 Å². The molecular formula is C2H2BCl. The van der Waals surface area contributed by atoms with Gasteiger partial charge in [0, 0.05) is 0 Å². The van der Waals surface area contributed by atoms with E-state index in [1.54, 1.807) is 0 Å². The van der Waals surface area contributed by atoms with Crippen molar-refractivity contribution in [3.63, 3.8) is 0 Å². The summed E-state index contributed by atoms with van der Waals surface area (Å²) in [6, 6.07) is 0. The predicted octanol–water partition coefficient (Wildman–Crippen LogP) is 0.353. The maximum absolute atomic E-state index is 4.95. The Bertz CT molecular complexity index is 35.8. The van der Waals surface area contributed by atoms with Crippen LogP contribution in [-0.4, -0.2) is 13.2 Å². The molecule has 2 heteroatoms. The van der Waals surface area contributed by atoms with E-state index in [1.165, 1.54) is 0 Å². The fourth-order valence-corrected chi connectivity index (χ4v) is 0. The molecule has 0 spiro atoms. The van der Waals surface area contributed by atoms with Gasteiger partial charge in [-0.2, -0.15) is 0 Å². The second-order valence-electron chi connectivity index (χ2n) is 0.338. The van der Waals surface area contributed by atoms with Crippen LogP contribution in [-0.2, 0) is 0 Å². The van der Waals surface area contributed by atoms with Gasteiger partial charge < -0.3 is 0 Å². The van der Waals surface area contributed by atoms with Gasteiger partial charge in [-0.3, -0.25) is 0 Å². The van der Waals surface area contributed by atoms with Crippen LogP contribution < -0.4 is 0 Å². The predicted molar refractivity (Wildman–Crippen MR) is 20.4 cm³/mol. The van der Waals surface area contributed by atoms with E-state index in [4.69, 9.17) is 11.6 Å². The average molecular weight is 72.3 g/mol. The quantitative estimate of drug-likeness (QED) is 0.286. The Morgan fingerprint density at radius 3 is 2.25 bits per heavy atom. The second kappa shape index (κ2) is 3.13. The number of hydrogen-bond acceptors (Lipinski definition) is 0. The summed E-state index contributed by atoms with van der Waals surface area (Å²) in [5.74, 6) is 2.52. The first-order chi connectivity index (χ1) is 1.91. The molecule has 0 saturated carbocycles. The van der Waals surface area contributed by atoms with Crippen molar-refractivity contribution in [1.82, 2.24) is 0 Å². The monoisotopic (exact) mass is 72.0 g/mol. The Balaban J connectivity index is 2.43. The molecule has 0 aliphatic carbocycles. The molecule has 0 aliphatic heterocycles.